The smallest absolute Gasteiger partial charge is 0.258 e. The van der Waals surface area contributed by atoms with Crippen LogP contribution in [-0.4, -0.2) is 64.1 Å². The minimum absolute atomic E-state index is 0. The van der Waals surface area contributed by atoms with E-state index in [0.717, 1.165) is 36.9 Å². The Hall–Kier alpha value is -4.56. The maximum absolute atomic E-state index is 13.1. The third kappa shape index (κ3) is 7.75. The van der Waals surface area contributed by atoms with Gasteiger partial charge in [0.2, 0.25) is 0 Å². The molecule has 3 N–H and O–H groups in total. The number of aliphatic hydroxyl groups is 1. The number of amides is 2. The van der Waals surface area contributed by atoms with E-state index in [4.69, 9.17) is 4.74 Å². The third-order valence-corrected chi connectivity index (χ3v) is 8.07. The second-order valence-electron chi connectivity index (χ2n) is 11.5. The second kappa shape index (κ2) is 14.5. The van der Waals surface area contributed by atoms with Crippen molar-refractivity contribution in [1.82, 2.24) is 20.2 Å². The predicted octanol–water partition coefficient (Wildman–Crippen LogP) is 5.31. The van der Waals surface area contributed by atoms with Crippen LogP contribution in [0, 0.1) is 18.3 Å². The summed E-state index contributed by atoms with van der Waals surface area (Å²) in [5.41, 5.74) is 2.77. The van der Waals surface area contributed by atoms with E-state index in [-0.39, 0.29) is 25.1 Å². The number of anilines is 2. The molecule has 5 rings (SSSR count). The van der Waals surface area contributed by atoms with E-state index in [9.17, 15) is 20.0 Å². The van der Waals surface area contributed by atoms with Gasteiger partial charge in [0, 0.05) is 40.9 Å². The van der Waals surface area contributed by atoms with Gasteiger partial charge in [-0.05, 0) is 87.7 Å². The lowest BCUT2D eigenvalue weighted by Crippen LogP contribution is -2.35. The highest BCUT2D eigenvalue weighted by Crippen LogP contribution is 2.28. The summed E-state index contributed by atoms with van der Waals surface area (Å²) in [4.78, 5) is 37.1. The van der Waals surface area contributed by atoms with Crippen molar-refractivity contribution in [3.05, 3.63) is 89.2 Å². The number of nitriles is 1. The normalized spacial score (nSPS) is 14.8. The highest BCUT2D eigenvalue weighted by atomic mass is 35.5. The van der Waals surface area contributed by atoms with E-state index in [2.05, 4.69) is 31.6 Å². The molecule has 1 unspecified atom stereocenters. The maximum atomic E-state index is 13.1. The quantitative estimate of drug-likeness (QED) is 0.199. The first-order valence-electron chi connectivity index (χ1n) is 14.7. The average Bonchev–Trinajstić information content (AvgIpc) is 3.49. The average molecular weight is 629 g/mol. The van der Waals surface area contributed by atoms with E-state index in [0.29, 0.717) is 46.1 Å². The molecule has 0 radical (unpaired) electrons. The van der Waals surface area contributed by atoms with Gasteiger partial charge < -0.3 is 15.2 Å². The molecule has 1 saturated heterocycles. The van der Waals surface area contributed by atoms with Crippen LogP contribution in [0.1, 0.15) is 58.5 Å². The monoisotopic (exact) mass is 628 g/mol. The number of halogens is 1. The molecule has 234 valence electrons. The number of likely N-dealkylation sites (tertiary alicyclic amines) is 1. The highest BCUT2D eigenvalue weighted by Gasteiger charge is 2.24. The topological polar surface area (TPSA) is 140 Å². The molecule has 1 aliphatic heterocycles. The molecule has 1 aromatic heterocycles. The maximum Gasteiger partial charge on any atom is 0.258 e. The molecule has 1 fully saturated rings. The van der Waals surface area contributed by atoms with Crippen molar-refractivity contribution in [2.24, 2.45) is 0 Å². The summed E-state index contributed by atoms with van der Waals surface area (Å²) >= 11 is 0. The summed E-state index contributed by atoms with van der Waals surface area (Å²) < 4.78 is 5.99. The van der Waals surface area contributed by atoms with Gasteiger partial charge in [0.25, 0.3) is 11.8 Å². The minimum atomic E-state index is -0.768. The molecule has 0 aliphatic carbocycles. The first-order chi connectivity index (χ1) is 21.2. The molecule has 3 aromatic carbocycles. The van der Waals surface area contributed by atoms with Gasteiger partial charge in [-0.3, -0.25) is 19.8 Å². The molecule has 0 spiro atoms. The Bertz CT molecular complexity index is 1740. The summed E-state index contributed by atoms with van der Waals surface area (Å²) in [6.45, 7) is 7.86. The molecular formula is C34H37ClN6O4. The third-order valence-electron chi connectivity index (χ3n) is 8.07. The number of nitrogens with one attached hydrogen (secondary N) is 2. The van der Waals surface area contributed by atoms with Gasteiger partial charge in [0.1, 0.15) is 24.5 Å². The zero-order valence-corrected chi connectivity index (χ0v) is 26.4. The number of carbonyl (C=O) groups excluding carboxylic acids is 2. The number of fused-ring (bicyclic) bond motifs is 1. The van der Waals surface area contributed by atoms with E-state index < -0.39 is 17.2 Å². The Kier molecular flexibility index (Phi) is 10.7. The highest BCUT2D eigenvalue weighted by molar-refractivity contribution is 6.10. The summed E-state index contributed by atoms with van der Waals surface area (Å²) in [7, 11) is 0. The van der Waals surface area contributed by atoms with Crippen LogP contribution in [0.2, 0.25) is 0 Å². The predicted molar refractivity (Wildman–Crippen MR) is 175 cm³/mol. The Morgan fingerprint density at radius 2 is 1.87 bits per heavy atom. The van der Waals surface area contributed by atoms with Gasteiger partial charge in [-0.1, -0.05) is 18.2 Å². The van der Waals surface area contributed by atoms with E-state index in [1.165, 1.54) is 6.33 Å². The first kappa shape index (κ1) is 33.3. The molecule has 1 atom stereocenters. The summed E-state index contributed by atoms with van der Waals surface area (Å²) in [6, 6.07) is 19.9. The van der Waals surface area contributed by atoms with Gasteiger partial charge in [-0.15, -0.1) is 12.4 Å². The summed E-state index contributed by atoms with van der Waals surface area (Å²) in [6.07, 6.45) is 3.58. The molecule has 10 nitrogen and oxygen atoms in total. The summed E-state index contributed by atoms with van der Waals surface area (Å²) in [5.74, 6) is 0.173. The number of hydrogen-bond acceptors (Lipinski definition) is 9. The number of carbonyl (C=O) groups is 2. The van der Waals surface area contributed by atoms with Crippen LogP contribution in [-0.2, 0) is 5.41 Å². The SMILES string of the molecule is Cc1ccc(C(=O)NC(=O)c2cccc(C(C)(C)C#N)c2)cc1Nc1ncnc2cc(OCCN3CCCC3CO)ccc12.Cl. The molecule has 2 heterocycles. The molecule has 11 heteroatoms. The molecule has 0 bridgehead atoms. The van der Waals surface area contributed by atoms with Crippen molar-refractivity contribution in [3.63, 3.8) is 0 Å². The molecule has 45 heavy (non-hydrogen) atoms. The van der Waals surface area contributed by atoms with Crippen LogP contribution in [0.5, 0.6) is 5.75 Å². The number of rotatable bonds is 10. The lowest BCUT2D eigenvalue weighted by molar-refractivity contribution is 0.0849. The minimum Gasteiger partial charge on any atom is -0.492 e. The standard InChI is InChI=1S/C34H36N6O4.ClH/c1-22-9-10-24(33(43)39-32(42)23-6-4-7-25(16-23)34(2,3)20-35)17-29(22)38-31-28-12-11-27(18-30(28)36-21-37-31)44-15-14-40-13-5-8-26(40)19-41;/h4,6-7,9-12,16-18,21,26,41H,5,8,13-15,19H2,1-3H3,(H,36,37,38)(H,39,42,43);1H. The first-order valence-corrected chi connectivity index (χ1v) is 14.7. The van der Waals surface area contributed by atoms with Gasteiger partial charge in [-0.25, -0.2) is 9.97 Å². The number of benzene rings is 3. The van der Waals surface area contributed by atoms with Crippen molar-refractivity contribution in [2.75, 3.05) is 31.6 Å². The van der Waals surface area contributed by atoms with E-state index >= 15 is 0 Å². The zero-order valence-electron chi connectivity index (χ0n) is 25.5. The summed E-state index contributed by atoms with van der Waals surface area (Å²) in [5, 5.41) is 25.5. The number of nitrogens with zero attached hydrogens (tertiary/aromatic N) is 4. The molecule has 4 aromatic rings. The van der Waals surface area contributed by atoms with Crippen LogP contribution >= 0.6 is 12.4 Å². The molecular weight excluding hydrogens is 592 g/mol. The Morgan fingerprint density at radius 1 is 1.09 bits per heavy atom. The number of hydrogen-bond donors (Lipinski definition) is 3. The van der Waals surface area contributed by atoms with Crippen LogP contribution in [0.25, 0.3) is 10.9 Å². The Morgan fingerprint density at radius 3 is 2.62 bits per heavy atom. The number of ether oxygens (including phenoxy) is 1. The fraction of sp³-hybridized carbons (Fsp3) is 0.324. The molecule has 1 aliphatic rings. The lowest BCUT2D eigenvalue weighted by Gasteiger charge is -2.22. The number of aromatic nitrogens is 2. The number of imide groups is 1. The molecule has 0 saturated carbocycles. The van der Waals surface area contributed by atoms with Crippen molar-refractivity contribution in [1.29, 1.82) is 5.26 Å². The fourth-order valence-electron chi connectivity index (χ4n) is 5.29. The second-order valence-corrected chi connectivity index (χ2v) is 11.5. The number of aryl methyl sites for hydroxylation is 1. The van der Waals surface area contributed by atoms with Crippen LogP contribution in [0.4, 0.5) is 11.5 Å². The largest absolute Gasteiger partial charge is 0.492 e. The lowest BCUT2D eigenvalue weighted by atomic mass is 9.85. The fourth-order valence-corrected chi connectivity index (χ4v) is 5.29. The van der Waals surface area contributed by atoms with Gasteiger partial charge in [0.15, 0.2) is 0 Å². The van der Waals surface area contributed by atoms with Crippen LogP contribution in [0.15, 0.2) is 67.0 Å². The van der Waals surface area contributed by atoms with Crippen LogP contribution in [0.3, 0.4) is 0 Å². The van der Waals surface area contributed by atoms with Crippen molar-refractivity contribution < 1.29 is 19.4 Å². The number of aliphatic hydroxyl groups excluding tert-OH is 1. The molecule has 2 amide bonds. The van der Waals surface area contributed by atoms with Crippen LogP contribution < -0.4 is 15.4 Å². The van der Waals surface area contributed by atoms with E-state index in [1.807, 2.05) is 25.1 Å². The van der Waals surface area contributed by atoms with Gasteiger partial charge in [-0.2, -0.15) is 5.26 Å². The van der Waals surface area contributed by atoms with Gasteiger partial charge >= 0.3 is 0 Å². The van der Waals surface area contributed by atoms with Gasteiger partial charge in [0.05, 0.1) is 23.6 Å². The van der Waals surface area contributed by atoms with Crippen molar-refractivity contribution in [2.45, 2.75) is 45.1 Å². The Balaban J connectivity index is 0.00000461. The van der Waals surface area contributed by atoms with Crippen molar-refractivity contribution >= 4 is 46.6 Å². The zero-order chi connectivity index (χ0) is 31.3. The van der Waals surface area contributed by atoms with Crippen molar-refractivity contribution in [3.8, 4) is 11.8 Å². The Labute approximate surface area is 268 Å². The van der Waals surface area contributed by atoms with E-state index in [1.54, 1.807) is 56.3 Å².